The van der Waals surface area contributed by atoms with Gasteiger partial charge in [-0.15, -0.1) is 0 Å². The van der Waals surface area contributed by atoms with Crippen molar-refractivity contribution < 1.29 is 0 Å². The number of hydrazone groups is 1. The van der Waals surface area contributed by atoms with Crippen LogP contribution >= 0.6 is 0 Å². The van der Waals surface area contributed by atoms with E-state index in [2.05, 4.69) is 39.9 Å². The van der Waals surface area contributed by atoms with Gasteiger partial charge < -0.3 is 0 Å². The maximum atomic E-state index is 5.11. The number of unbranched alkanes of at least 4 members (excludes halogenated alkanes) is 3. The van der Waals surface area contributed by atoms with Crippen LogP contribution in [0.25, 0.3) is 0 Å². The summed E-state index contributed by atoms with van der Waals surface area (Å²) in [4.78, 5) is 0. The van der Waals surface area contributed by atoms with Crippen molar-refractivity contribution in [3.63, 3.8) is 0 Å². The second-order valence-electron chi connectivity index (χ2n) is 10.9. The molecular weight excluding hydrogens is 483 g/mol. The first-order valence-corrected chi connectivity index (χ1v) is 22.4. The Balaban J connectivity index is 2.97. The molecule has 1 aliphatic carbocycles. The van der Waals surface area contributed by atoms with Crippen LogP contribution in [0.2, 0.25) is 17.7 Å². The minimum absolute atomic E-state index is 0.766. The molecule has 1 fully saturated rings. The number of nitrogens with zero attached hydrogens (tertiary/aromatic N) is 2. The third-order valence-corrected chi connectivity index (χ3v) is 23.7. The Labute approximate surface area is 201 Å². The average molecular weight is 541 g/mol. The predicted octanol–water partition coefficient (Wildman–Crippen LogP) is 9.67. The molecule has 0 saturated heterocycles. The fourth-order valence-electron chi connectivity index (χ4n) is 5.71. The van der Waals surface area contributed by atoms with E-state index in [1.807, 2.05) is 0 Å². The Hall–Kier alpha value is 0.269. The van der Waals surface area contributed by atoms with Crippen molar-refractivity contribution in [1.82, 2.24) is 5.01 Å². The second kappa shape index (κ2) is 18.7. The number of rotatable bonds is 13. The van der Waals surface area contributed by atoms with E-state index in [0.717, 1.165) is 5.92 Å². The van der Waals surface area contributed by atoms with E-state index in [9.17, 15) is 0 Å². The third-order valence-electron chi connectivity index (χ3n) is 7.74. The Morgan fingerprint density at radius 3 is 1.68 bits per heavy atom. The summed E-state index contributed by atoms with van der Waals surface area (Å²) < 4.78 is 6.64. The Morgan fingerprint density at radius 1 is 0.710 bits per heavy atom. The molecule has 1 unspecified atom stereocenters. The summed E-state index contributed by atoms with van der Waals surface area (Å²) in [5.74, 6) is 0.766. The first-order chi connectivity index (χ1) is 15.1. The second-order valence-corrected chi connectivity index (χ2v) is 25.1. The topological polar surface area (TPSA) is 15.6 Å². The first-order valence-electron chi connectivity index (χ1n) is 14.3. The van der Waals surface area contributed by atoms with Gasteiger partial charge in [-0.25, -0.2) is 0 Å². The molecule has 1 rings (SSSR count). The van der Waals surface area contributed by atoms with Crippen LogP contribution in [0.1, 0.15) is 130 Å². The molecule has 0 spiro atoms. The van der Waals surface area contributed by atoms with Crippen LogP contribution in [-0.4, -0.2) is 43.2 Å². The van der Waals surface area contributed by atoms with Gasteiger partial charge in [0, 0.05) is 0 Å². The zero-order valence-corrected chi connectivity index (χ0v) is 25.2. The van der Waals surface area contributed by atoms with Gasteiger partial charge in [0.25, 0.3) is 0 Å². The molecule has 0 radical (unpaired) electrons. The van der Waals surface area contributed by atoms with Gasteiger partial charge in [-0.3, -0.25) is 0 Å². The van der Waals surface area contributed by atoms with Gasteiger partial charge in [0.2, 0.25) is 0 Å². The number of hydrogen-bond acceptors (Lipinski definition) is 2. The molecule has 0 aromatic heterocycles. The molecule has 0 aromatic rings. The molecule has 0 aromatic carbocycles. The molecule has 0 N–H and O–H groups in total. The van der Waals surface area contributed by atoms with Crippen LogP contribution in [0, 0.1) is 5.92 Å². The summed E-state index contributed by atoms with van der Waals surface area (Å²) in [6, 6.07) is 0. The fourth-order valence-corrected chi connectivity index (χ4v) is 22.2. The Morgan fingerprint density at radius 2 is 1.19 bits per heavy atom. The predicted molar refractivity (Wildman–Crippen MR) is 145 cm³/mol. The normalized spacial score (nSPS) is 20.9. The first kappa shape index (κ1) is 29.3. The fraction of sp³-hybridized carbons (Fsp3) is 0.964. The molecule has 1 atom stereocenters. The van der Waals surface area contributed by atoms with E-state index in [4.69, 9.17) is 5.10 Å². The molecule has 184 valence electrons. The molecule has 3 heteroatoms. The molecule has 1 saturated carbocycles. The SMILES string of the molecule is CCC[CH2][Sn]([CH2]CCC)([CH2]CCC)[CH2]CC1CCCCCCCCCC/C1=N\N(C)C. The van der Waals surface area contributed by atoms with Gasteiger partial charge in [0.15, 0.2) is 0 Å². The van der Waals surface area contributed by atoms with Crippen LogP contribution in [-0.2, 0) is 0 Å². The molecule has 0 bridgehead atoms. The molecule has 31 heavy (non-hydrogen) atoms. The minimum atomic E-state index is -2.04. The summed E-state index contributed by atoms with van der Waals surface area (Å²) in [6.45, 7) is 7.22. The molecule has 0 aliphatic heterocycles. The van der Waals surface area contributed by atoms with E-state index < -0.39 is 18.4 Å². The maximum absolute atomic E-state index is 5.11. The summed E-state index contributed by atoms with van der Waals surface area (Å²) in [5, 5.41) is 7.20. The van der Waals surface area contributed by atoms with Gasteiger partial charge >= 0.3 is 202 Å². The van der Waals surface area contributed by atoms with E-state index in [1.165, 1.54) is 109 Å². The van der Waals surface area contributed by atoms with Crippen LogP contribution in [0.4, 0.5) is 0 Å². The van der Waals surface area contributed by atoms with E-state index in [0.29, 0.717) is 0 Å². The summed E-state index contributed by atoms with van der Waals surface area (Å²) in [5.41, 5.74) is 1.56. The standard InChI is InChI=1S/C16H31N2.3C4H9.Sn/c1-4-15-13-11-9-7-5-6-8-10-12-14-16(15)17-18(2)3;3*1-3-4-2;/h15H,1,4-14H2,2-3H3;3*1,3-4H2,2H3;/b17-16+;;;;. The summed E-state index contributed by atoms with van der Waals surface area (Å²) in [6.07, 6.45) is 24.3. The summed E-state index contributed by atoms with van der Waals surface area (Å²) in [7, 11) is 4.26. The van der Waals surface area contributed by atoms with Gasteiger partial charge in [-0.05, 0) is 0 Å². The molecule has 0 heterocycles. The van der Waals surface area contributed by atoms with Crippen molar-refractivity contribution in [2.24, 2.45) is 11.0 Å². The van der Waals surface area contributed by atoms with Crippen molar-refractivity contribution in [1.29, 1.82) is 0 Å². The zero-order valence-electron chi connectivity index (χ0n) is 22.3. The monoisotopic (exact) mass is 542 g/mol. The van der Waals surface area contributed by atoms with E-state index >= 15 is 0 Å². The van der Waals surface area contributed by atoms with Crippen molar-refractivity contribution in [3.05, 3.63) is 0 Å². The van der Waals surface area contributed by atoms with E-state index in [1.54, 1.807) is 23.5 Å². The van der Waals surface area contributed by atoms with Gasteiger partial charge in [0.1, 0.15) is 0 Å². The third kappa shape index (κ3) is 13.5. The zero-order chi connectivity index (χ0) is 22.8. The molecule has 2 nitrogen and oxygen atoms in total. The molecule has 0 amide bonds. The number of hydrogen-bond donors (Lipinski definition) is 0. The van der Waals surface area contributed by atoms with E-state index in [-0.39, 0.29) is 0 Å². The molecule has 1 aliphatic rings. The van der Waals surface area contributed by atoms with Gasteiger partial charge in [0.05, 0.1) is 0 Å². The van der Waals surface area contributed by atoms with Crippen LogP contribution < -0.4 is 0 Å². The Bertz CT molecular complexity index is 425. The van der Waals surface area contributed by atoms with Crippen molar-refractivity contribution in [2.45, 2.75) is 148 Å². The average Bonchev–Trinajstić information content (AvgIpc) is 2.75. The van der Waals surface area contributed by atoms with Crippen molar-refractivity contribution >= 4 is 24.1 Å². The van der Waals surface area contributed by atoms with Crippen molar-refractivity contribution in [2.75, 3.05) is 14.1 Å². The van der Waals surface area contributed by atoms with Crippen LogP contribution in [0.15, 0.2) is 5.10 Å². The van der Waals surface area contributed by atoms with Gasteiger partial charge in [-0.2, -0.15) is 0 Å². The quantitative estimate of drug-likeness (QED) is 0.167. The van der Waals surface area contributed by atoms with Crippen molar-refractivity contribution in [3.8, 4) is 0 Å². The van der Waals surface area contributed by atoms with Gasteiger partial charge in [-0.1, -0.05) is 0 Å². The summed E-state index contributed by atoms with van der Waals surface area (Å²) >= 11 is -2.04. The van der Waals surface area contributed by atoms with Crippen LogP contribution in [0.5, 0.6) is 0 Å². The molecular formula is C28H58N2Sn. The Kier molecular flexibility index (Phi) is 17.6. The van der Waals surface area contributed by atoms with Crippen LogP contribution in [0.3, 0.4) is 0 Å².